The first-order chi connectivity index (χ1) is 8.04. The Bertz CT molecular complexity index is 553. The van der Waals surface area contributed by atoms with Crippen molar-refractivity contribution in [2.75, 3.05) is 0 Å². The highest BCUT2D eigenvalue weighted by molar-refractivity contribution is 7.86. The van der Waals surface area contributed by atoms with Crippen molar-refractivity contribution in [3.8, 4) is 0 Å². The molecule has 0 amide bonds. The van der Waals surface area contributed by atoms with E-state index in [1.165, 1.54) is 0 Å². The van der Waals surface area contributed by atoms with Crippen LogP contribution in [0.15, 0.2) is 22.5 Å². The van der Waals surface area contributed by atoms with Crippen LogP contribution in [0.4, 0.5) is 0 Å². The Morgan fingerprint density at radius 3 is 2.35 bits per heavy atom. The van der Waals surface area contributed by atoms with E-state index in [1.54, 1.807) is 18.2 Å². The molecule has 90 valence electrons. The second-order valence-corrected chi connectivity index (χ2v) is 6.68. The van der Waals surface area contributed by atoms with Crippen LogP contribution in [0.1, 0.15) is 5.56 Å². The summed E-state index contributed by atoms with van der Waals surface area (Å²) in [5.41, 5.74) is 0.784. The molecule has 0 saturated heterocycles. The van der Waals surface area contributed by atoms with Crippen LogP contribution in [0.25, 0.3) is 0 Å². The second kappa shape index (κ2) is 5.63. The van der Waals surface area contributed by atoms with Gasteiger partial charge in [0.05, 0.1) is 16.6 Å². The summed E-state index contributed by atoms with van der Waals surface area (Å²) in [6.45, 7) is 0. The molecule has 1 aromatic carbocycles. The number of nitrogens with zero attached hydrogens (tertiary/aromatic N) is 2. The predicted octanol–water partition coefficient (Wildman–Crippen LogP) is 3.81. The van der Waals surface area contributed by atoms with Gasteiger partial charge in [-0.3, -0.25) is 4.21 Å². The van der Waals surface area contributed by atoms with E-state index in [1.807, 2.05) is 0 Å². The molecule has 1 heterocycles. The van der Waals surface area contributed by atoms with Crippen molar-refractivity contribution in [2.24, 2.45) is 0 Å². The van der Waals surface area contributed by atoms with Crippen LogP contribution in [-0.2, 0) is 16.6 Å². The third-order valence-electron chi connectivity index (χ3n) is 1.80. The lowest BCUT2D eigenvalue weighted by Crippen LogP contribution is -1.96. The maximum Gasteiger partial charge on any atom is 0.235 e. The Hall–Kier alpha value is -0.200. The van der Waals surface area contributed by atoms with E-state index in [4.69, 9.17) is 34.8 Å². The number of hydrogen-bond acceptors (Lipinski definition) is 4. The van der Waals surface area contributed by atoms with Gasteiger partial charge in [-0.1, -0.05) is 23.2 Å². The molecule has 0 aliphatic rings. The smallest absolute Gasteiger partial charge is 0.235 e. The van der Waals surface area contributed by atoms with Crippen molar-refractivity contribution >= 4 is 57.1 Å². The average Bonchev–Trinajstić information content (AvgIpc) is 2.63. The van der Waals surface area contributed by atoms with Crippen LogP contribution in [0.3, 0.4) is 0 Å². The first-order valence-electron chi connectivity index (χ1n) is 4.37. The lowest BCUT2D eigenvalue weighted by atomic mass is 10.2. The molecular formula is C9H5Cl3N2OS2. The van der Waals surface area contributed by atoms with E-state index in [-0.39, 0.29) is 11.0 Å². The first kappa shape index (κ1) is 13.2. The molecule has 3 nitrogen and oxygen atoms in total. The van der Waals surface area contributed by atoms with Crippen molar-refractivity contribution in [1.29, 1.82) is 0 Å². The van der Waals surface area contributed by atoms with Crippen LogP contribution in [0.2, 0.25) is 15.3 Å². The fourth-order valence-corrected chi connectivity index (χ4v) is 3.78. The topological polar surface area (TPSA) is 42.9 Å². The van der Waals surface area contributed by atoms with E-state index in [0.717, 1.165) is 17.1 Å². The van der Waals surface area contributed by atoms with Gasteiger partial charge in [-0.15, -0.1) is 0 Å². The van der Waals surface area contributed by atoms with Crippen LogP contribution in [-0.4, -0.2) is 13.6 Å². The van der Waals surface area contributed by atoms with Crippen LogP contribution >= 0.6 is 46.3 Å². The second-order valence-electron chi connectivity index (χ2n) is 3.10. The Morgan fingerprint density at radius 1 is 1.18 bits per heavy atom. The molecule has 1 atom stereocenters. The highest BCUT2D eigenvalue weighted by atomic mass is 35.5. The summed E-state index contributed by atoms with van der Waals surface area (Å²) in [4.78, 5) is 3.86. The van der Waals surface area contributed by atoms with Gasteiger partial charge >= 0.3 is 0 Å². The summed E-state index contributed by atoms with van der Waals surface area (Å²) in [7, 11) is -1.29. The lowest BCUT2D eigenvalue weighted by Gasteiger charge is -2.01. The van der Waals surface area contributed by atoms with Gasteiger partial charge in [-0.25, -0.2) is 0 Å². The third-order valence-corrected chi connectivity index (χ3v) is 4.87. The van der Waals surface area contributed by atoms with Gasteiger partial charge in [0.25, 0.3) is 0 Å². The maximum atomic E-state index is 11.9. The van der Waals surface area contributed by atoms with E-state index in [0.29, 0.717) is 14.4 Å². The summed E-state index contributed by atoms with van der Waals surface area (Å²) in [5, 5.41) is 1.14. The summed E-state index contributed by atoms with van der Waals surface area (Å²) in [5.74, 6) is 0.284. The van der Waals surface area contributed by atoms with Crippen LogP contribution in [0.5, 0.6) is 0 Å². The molecule has 0 aliphatic carbocycles. The SMILES string of the molecule is O=[S@@](Cc1cc(Cl)cc(Cl)c1)c1nc(Cl)ns1. The van der Waals surface area contributed by atoms with Crippen LogP contribution < -0.4 is 0 Å². The third kappa shape index (κ3) is 3.63. The van der Waals surface area contributed by atoms with Gasteiger partial charge in [-0.05, 0) is 46.9 Å². The van der Waals surface area contributed by atoms with Gasteiger partial charge < -0.3 is 0 Å². The van der Waals surface area contributed by atoms with E-state index >= 15 is 0 Å². The monoisotopic (exact) mass is 326 g/mol. The van der Waals surface area contributed by atoms with E-state index < -0.39 is 10.8 Å². The zero-order chi connectivity index (χ0) is 12.4. The Labute approximate surface area is 119 Å². The molecule has 0 spiro atoms. The zero-order valence-electron chi connectivity index (χ0n) is 8.19. The minimum absolute atomic E-state index is 0.113. The lowest BCUT2D eigenvalue weighted by molar-refractivity contribution is 0.682. The Morgan fingerprint density at radius 2 is 1.82 bits per heavy atom. The maximum absolute atomic E-state index is 11.9. The Balaban J connectivity index is 2.18. The molecule has 0 aliphatic heterocycles. The summed E-state index contributed by atoms with van der Waals surface area (Å²) >= 11 is 18.3. The van der Waals surface area contributed by atoms with Gasteiger partial charge in [0, 0.05) is 10.0 Å². The van der Waals surface area contributed by atoms with Crippen molar-refractivity contribution in [3.63, 3.8) is 0 Å². The molecule has 0 fully saturated rings. The normalized spacial score (nSPS) is 12.6. The van der Waals surface area contributed by atoms with Gasteiger partial charge in [0.2, 0.25) is 9.62 Å². The molecule has 0 unspecified atom stereocenters. The van der Waals surface area contributed by atoms with Gasteiger partial charge in [0.1, 0.15) is 0 Å². The minimum atomic E-state index is -1.29. The number of halogens is 3. The highest BCUT2D eigenvalue weighted by Gasteiger charge is 2.11. The zero-order valence-corrected chi connectivity index (χ0v) is 12.1. The number of hydrogen-bond donors (Lipinski definition) is 0. The van der Waals surface area contributed by atoms with Gasteiger partial charge in [0.15, 0.2) is 0 Å². The Kier molecular flexibility index (Phi) is 4.38. The molecule has 2 rings (SSSR count). The van der Waals surface area contributed by atoms with Crippen LogP contribution in [0, 0.1) is 0 Å². The molecular weight excluding hydrogens is 323 g/mol. The van der Waals surface area contributed by atoms with Crippen molar-refractivity contribution in [2.45, 2.75) is 10.1 Å². The molecule has 0 saturated carbocycles. The summed E-state index contributed by atoms with van der Waals surface area (Å²) < 4.78 is 16.1. The number of rotatable bonds is 3. The van der Waals surface area contributed by atoms with Crippen molar-refractivity contribution in [1.82, 2.24) is 9.36 Å². The van der Waals surface area contributed by atoms with Crippen molar-refractivity contribution in [3.05, 3.63) is 39.1 Å². The molecule has 2 aromatic rings. The largest absolute Gasteiger partial charge is 0.251 e. The summed E-state index contributed by atoms with van der Waals surface area (Å²) in [6, 6.07) is 5.05. The molecule has 0 radical (unpaired) electrons. The fraction of sp³-hybridized carbons (Fsp3) is 0.111. The van der Waals surface area contributed by atoms with Gasteiger partial charge in [-0.2, -0.15) is 9.36 Å². The van der Waals surface area contributed by atoms with E-state index in [2.05, 4.69) is 9.36 Å². The predicted molar refractivity (Wildman–Crippen MR) is 71.5 cm³/mol. The number of benzene rings is 1. The molecule has 8 heteroatoms. The molecule has 0 bridgehead atoms. The highest BCUT2D eigenvalue weighted by Crippen LogP contribution is 2.22. The minimum Gasteiger partial charge on any atom is -0.251 e. The quantitative estimate of drug-likeness (QED) is 0.861. The molecule has 0 N–H and O–H groups in total. The number of aromatic nitrogens is 2. The fourth-order valence-electron chi connectivity index (χ4n) is 1.19. The molecule has 17 heavy (non-hydrogen) atoms. The molecule has 1 aromatic heterocycles. The van der Waals surface area contributed by atoms with Crippen molar-refractivity contribution < 1.29 is 4.21 Å². The van der Waals surface area contributed by atoms with E-state index in [9.17, 15) is 4.21 Å². The first-order valence-corrected chi connectivity index (χ1v) is 7.60. The summed E-state index contributed by atoms with van der Waals surface area (Å²) in [6.07, 6.45) is 0. The average molecular weight is 328 g/mol. The standard InChI is InChI=1S/C9H5Cl3N2OS2/c10-6-1-5(2-7(11)3-6)4-17(15)9-13-8(12)14-16-9/h1-3H,4H2/t17-/m0/s1.